The van der Waals surface area contributed by atoms with Crippen molar-refractivity contribution in [2.45, 2.75) is 37.8 Å². The molecule has 1 N–H and O–H groups in total. The molecule has 2 saturated heterocycles. The lowest BCUT2D eigenvalue weighted by Gasteiger charge is -2.19. The molecule has 2 aromatic carbocycles. The fraction of sp³-hybridized carbons (Fsp3) is 0.400. The quantitative estimate of drug-likeness (QED) is 0.456. The van der Waals surface area contributed by atoms with Crippen molar-refractivity contribution in [3.8, 4) is 5.69 Å². The number of hydrogen-bond acceptors (Lipinski definition) is 6. The molecule has 34 heavy (non-hydrogen) atoms. The molecular formula is C25H29ClN6OS. The fourth-order valence-corrected chi connectivity index (χ4v) is 5.53. The fourth-order valence-electron chi connectivity index (χ4n) is 4.60. The average molecular weight is 497 g/mol. The molecule has 0 radical (unpaired) electrons. The van der Waals surface area contributed by atoms with E-state index in [1.807, 2.05) is 41.8 Å². The van der Waals surface area contributed by atoms with E-state index < -0.39 is 0 Å². The summed E-state index contributed by atoms with van der Waals surface area (Å²) in [5, 5.41) is 13.3. The van der Waals surface area contributed by atoms with Crippen LogP contribution in [0.1, 0.15) is 31.2 Å². The van der Waals surface area contributed by atoms with Gasteiger partial charge < -0.3 is 15.1 Å². The predicted molar refractivity (Wildman–Crippen MR) is 140 cm³/mol. The topological polar surface area (TPSA) is 66.3 Å². The molecule has 2 aliphatic heterocycles. The van der Waals surface area contributed by atoms with E-state index in [2.05, 4.69) is 37.4 Å². The summed E-state index contributed by atoms with van der Waals surface area (Å²) in [6, 6.07) is 13.9. The number of amides is 1. The molecular weight excluding hydrogens is 468 g/mol. The van der Waals surface area contributed by atoms with Crippen LogP contribution in [0.4, 0.5) is 17.3 Å². The van der Waals surface area contributed by atoms with Crippen molar-refractivity contribution in [1.29, 1.82) is 0 Å². The Morgan fingerprint density at radius 3 is 2.41 bits per heavy atom. The van der Waals surface area contributed by atoms with Crippen LogP contribution < -0.4 is 15.1 Å². The van der Waals surface area contributed by atoms with Crippen LogP contribution in [0, 0.1) is 6.92 Å². The zero-order valence-electron chi connectivity index (χ0n) is 19.3. The number of halogens is 1. The third-order valence-electron chi connectivity index (χ3n) is 6.36. The average Bonchev–Trinajstić information content (AvgIpc) is 3.60. The summed E-state index contributed by atoms with van der Waals surface area (Å²) in [6.45, 7) is 6.16. The summed E-state index contributed by atoms with van der Waals surface area (Å²) in [7, 11) is 0. The van der Waals surface area contributed by atoms with E-state index in [1.165, 1.54) is 30.3 Å². The molecule has 7 nitrogen and oxygen atoms in total. The second-order valence-corrected chi connectivity index (χ2v) is 10.2. The number of nitrogens with zero attached hydrogens (tertiary/aromatic N) is 5. The van der Waals surface area contributed by atoms with Crippen molar-refractivity contribution in [1.82, 2.24) is 14.8 Å². The molecule has 0 unspecified atom stereocenters. The van der Waals surface area contributed by atoms with Crippen molar-refractivity contribution in [2.75, 3.05) is 47.0 Å². The molecule has 9 heteroatoms. The molecule has 1 aromatic heterocycles. The summed E-state index contributed by atoms with van der Waals surface area (Å²) >= 11 is 7.65. The first kappa shape index (κ1) is 23.1. The van der Waals surface area contributed by atoms with Gasteiger partial charge in [0, 0.05) is 42.6 Å². The molecule has 3 heterocycles. The van der Waals surface area contributed by atoms with Gasteiger partial charge in [-0.3, -0.25) is 9.36 Å². The maximum atomic E-state index is 12.8. The molecule has 178 valence electrons. The van der Waals surface area contributed by atoms with E-state index in [1.54, 1.807) is 0 Å². The van der Waals surface area contributed by atoms with Crippen LogP contribution in [0.15, 0.2) is 47.6 Å². The second kappa shape index (κ2) is 10.3. The summed E-state index contributed by atoms with van der Waals surface area (Å²) in [5.41, 5.74) is 4.05. The highest BCUT2D eigenvalue weighted by atomic mass is 35.5. The number of aromatic nitrogens is 3. The number of hydrogen-bond donors (Lipinski definition) is 1. The lowest BCUT2D eigenvalue weighted by molar-refractivity contribution is -0.113. The summed E-state index contributed by atoms with van der Waals surface area (Å²) in [4.78, 5) is 17.5. The van der Waals surface area contributed by atoms with Gasteiger partial charge in [-0.2, -0.15) is 0 Å². The van der Waals surface area contributed by atoms with E-state index in [-0.39, 0.29) is 11.7 Å². The van der Waals surface area contributed by atoms with Crippen LogP contribution in [0.25, 0.3) is 5.69 Å². The molecule has 2 aliphatic rings. The summed E-state index contributed by atoms with van der Waals surface area (Å²) < 4.78 is 2.01. The minimum absolute atomic E-state index is 0.0645. The lowest BCUT2D eigenvalue weighted by atomic mass is 10.1. The zero-order valence-corrected chi connectivity index (χ0v) is 20.9. The van der Waals surface area contributed by atoms with E-state index in [0.29, 0.717) is 10.2 Å². The van der Waals surface area contributed by atoms with Gasteiger partial charge in [-0.05, 0) is 74.6 Å². The van der Waals surface area contributed by atoms with Gasteiger partial charge in [0.1, 0.15) is 0 Å². The van der Waals surface area contributed by atoms with Crippen LogP contribution in [0.3, 0.4) is 0 Å². The van der Waals surface area contributed by atoms with Crippen LogP contribution in [0.5, 0.6) is 0 Å². The first-order chi connectivity index (χ1) is 16.6. The Balaban J connectivity index is 1.29. The number of nitrogens with one attached hydrogen (secondary N) is 1. The number of benzene rings is 2. The Labute approximate surface area is 209 Å². The molecule has 0 aliphatic carbocycles. The van der Waals surface area contributed by atoms with Crippen molar-refractivity contribution >= 4 is 46.6 Å². The zero-order chi connectivity index (χ0) is 23.5. The third kappa shape index (κ3) is 5.03. The van der Waals surface area contributed by atoms with Gasteiger partial charge >= 0.3 is 0 Å². The maximum absolute atomic E-state index is 12.8. The van der Waals surface area contributed by atoms with Gasteiger partial charge in [-0.25, -0.2) is 0 Å². The number of carbonyl (C=O) groups is 1. The lowest BCUT2D eigenvalue weighted by Crippen LogP contribution is -2.22. The SMILES string of the molecule is Cc1cc(N2CCCC2)ccc1NC(=O)CSc1nnc(N2CCCC2)n1-c1cccc(Cl)c1. The molecule has 3 aromatic rings. The molecule has 0 spiro atoms. The van der Waals surface area contributed by atoms with Crippen LogP contribution in [0.2, 0.25) is 5.02 Å². The second-order valence-electron chi connectivity index (χ2n) is 8.82. The van der Waals surface area contributed by atoms with E-state index in [4.69, 9.17) is 11.6 Å². The van der Waals surface area contributed by atoms with Gasteiger partial charge in [0.2, 0.25) is 11.9 Å². The van der Waals surface area contributed by atoms with Crippen LogP contribution in [-0.4, -0.2) is 52.6 Å². The number of rotatable bonds is 7. The molecule has 5 rings (SSSR count). The largest absolute Gasteiger partial charge is 0.372 e. The highest BCUT2D eigenvalue weighted by molar-refractivity contribution is 7.99. The monoisotopic (exact) mass is 496 g/mol. The minimum Gasteiger partial charge on any atom is -0.372 e. The Bertz CT molecular complexity index is 1170. The first-order valence-electron chi connectivity index (χ1n) is 11.8. The van der Waals surface area contributed by atoms with Gasteiger partial charge in [0.25, 0.3) is 0 Å². The van der Waals surface area contributed by atoms with Crippen LogP contribution in [-0.2, 0) is 4.79 Å². The Kier molecular flexibility index (Phi) is 6.97. The Morgan fingerprint density at radius 1 is 0.971 bits per heavy atom. The van der Waals surface area contributed by atoms with Crippen molar-refractivity contribution in [3.63, 3.8) is 0 Å². The number of anilines is 3. The number of thioether (sulfide) groups is 1. The van der Waals surface area contributed by atoms with E-state index in [9.17, 15) is 4.79 Å². The summed E-state index contributed by atoms with van der Waals surface area (Å²) in [5.74, 6) is 0.979. The first-order valence-corrected chi connectivity index (χ1v) is 13.2. The molecule has 1 amide bonds. The smallest absolute Gasteiger partial charge is 0.234 e. The van der Waals surface area contributed by atoms with Crippen molar-refractivity contribution < 1.29 is 4.79 Å². The van der Waals surface area contributed by atoms with Gasteiger partial charge in [0.05, 0.1) is 11.4 Å². The Hall–Kier alpha value is -2.71. The number of carbonyl (C=O) groups excluding carboxylic acids is 1. The third-order valence-corrected chi connectivity index (χ3v) is 7.52. The standard InChI is InChI=1S/C25H29ClN6OS/c1-18-15-20(30-11-2-3-12-30)9-10-22(18)27-23(33)17-34-25-29-28-24(31-13-4-5-14-31)32(25)21-8-6-7-19(26)16-21/h6-10,15-16H,2-5,11-14,17H2,1H3,(H,27,33). The minimum atomic E-state index is -0.0645. The van der Waals surface area contributed by atoms with E-state index in [0.717, 1.165) is 61.9 Å². The molecule has 0 atom stereocenters. The normalized spacial score (nSPS) is 15.8. The predicted octanol–water partition coefficient (Wildman–Crippen LogP) is 5.16. The van der Waals surface area contributed by atoms with Gasteiger partial charge in [0.15, 0.2) is 5.16 Å². The van der Waals surface area contributed by atoms with Crippen molar-refractivity contribution in [3.05, 3.63) is 53.1 Å². The van der Waals surface area contributed by atoms with Crippen molar-refractivity contribution in [2.24, 2.45) is 0 Å². The van der Waals surface area contributed by atoms with Gasteiger partial charge in [-0.1, -0.05) is 29.4 Å². The molecule has 0 saturated carbocycles. The molecule has 2 fully saturated rings. The highest BCUT2D eigenvalue weighted by Gasteiger charge is 2.23. The summed E-state index contributed by atoms with van der Waals surface area (Å²) in [6.07, 6.45) is 4.77. The Morgan fingerprint density at radius 2 is 1.71 bits per heavy atom. The highest BCUT2D eigenvalue weighted by Crippen LogP contribution is 2.30. The van der Waals surface area contributed by atoms with Gasteiger partial charge in [-0.15, -0.1) is 10.2 Å². The molecule has 0 bridgehead atoms. The van der Waals surface area contributed by atoms with E-state index >= 15 is 0 Å². The van der Waals surface area contributed by atoms with Crippen LogP contribution >= 0.6 is 23.4 Å². The maximum Gasteiger partial charge on any atom is 0.234 e. The number of aryl methyl sites for hydroxylation is 1.